The van der Waals surface area contributed by atoms with Crippen molar-refractivity contribution in [3.8, 4) is 11.3 Å². The minimum absolute atomic E-state index is 0.165. The van der Waals surface area contributed by atoms with E-state index in [-0.39, 0.29) is 36.4 Å². The molecule has 0 radical (unpaired) electrons. The zero-order valence-electron chi connectivity index (χ0n) is 11.9. The van der Waals surface area contributed by atoms with Crippen LogP contribution in [0.4, 0.5) is 13.2 Å². The van der Waals surface area contributed by atoms with E-state index in [1.165, 1.54) is 0 Å². The Bertz CT molecular complexity index is 842. The molecule has 0 aliphatic carbocycles. The lowest BCUT2D eigenvalue weighted by atomic mass is 10.1. The molecule has 0 aliphatic heterocycles. The van der Waals surface area contributed by atoms with Gasteiger partial charge in [0.15, 0.2) is 0 Å². The van der Waals surface area contributed by atoms with Crippen LogP contribution in [0, 0.1) is 0 Å². The van der Waals surface area contributed by atoms with E-state index in [0.717, 1.165) is 13.2 Å². The second-order valence-electron chi connectivity index (χ2n) is 4.56. The third kappa shape index (κ3) is 3.93. The summed E-state index contributed by atoms with van der Waals surface area (Å²) in [6.45, 7) is 0. The Morgan fingerprint density at radius 3 is 1.88 bits per heavy atom. The van der Waals surface area contributed by atoms with Gasteiger partial charge in [-0.3, -0.25) is 0 Å². The predicted octanol–water partition coefficient (Wildman–Crippen LogP) is 6.82. The summed E-state index contributed by atoms with van der Waals surface area (Å²) < 4.78 is 43.8. The summed E-state index contributed by atoms with van der Waals surface area (Å²) in [7, 11) is 1.02. The van der Waals surface area contributed by atoms with Crippen molar-refractivity contribution >= 4 is 64.0 Å². The van der Waals surface area contributed by atoms with Crippen LogP contribution in [0.2, 0.25) is 25.1 Å². The first kappa shape index (κ1) is 20.4. The summed E-state index contributed by atoms with van der Waals surface area (Å²) in [4.78, 5) is 15.1. The van der Waals surface area contributed by atoms with Gasteiger partial charge in [0, 0.05) is 5.56 Å². The molecule has 1 aromatic carbocycles. The standard InChI is InChI=1S/C14H5Cl5F3NO2/c1-25-13(24)4-2-5(23-6(3-4)14(20,21)22)7-8(15)10(17)12(19)11(18)9(7)16/h2-3H,1H3. The average molecular weight is 453 g/mol. The van der Waals surface area contributed by atoms with E-state index in [4.69, 9.17) is 58.0 Å². The van der Waals surface area contributed by atoms with Crippen LogP contribution in [0.15, 0.2) is 12.1 Å². The first-order valence-corrected chi connectivity index (χ1v) is 8.07. The van der Waals surface area contributed by atoms with Gasteiger partial charge >= 0.3 is 12.1 Å². The molecule has 25 heavy (non-hydrogen) atoms. The summed E-state index contributed by atoms with van der Waals surface area (Å²) >= 11 is 29.8. The minimum Gasteiger partial charge on any atom is -0.465 e. The second-order valence-corrected chi connectivity index (χ2v) is 6.45. The molecule has 0 unspecified atom stereocenters. The van der Waals surface area contributed by atoms with Crippen molar-refractivity contribution in [2.45, 2.75) is 6.18 Å². The van der Waals surface area contributed by atoms with Crippen molar-refractivity contribution in [2.75, 3.05) is 7.11 Å². The molecule has 0 aliphatic rings. The predicted molar refractivity (Wildman–Crippen MR) is 91.1 cm³/mol. The van der Waals surface area contributed by atoms with Gasteiger partial charge in [-0.15, -0.1) is 0 Å². The van der Waals surface area contributed by atoms with Gasteiger partial charge in [0.1, 0.15) is 5.69 Å². The fourth-order valence-corrected chi connectivity index (χ4v) is 3.20. The van der Waals surface area contributed by atoms with Gasteiger partial charge in [0.25, 0.3) is 0 Å². The molecular weight excluding hydrogens is 448 g/mol. The van der Waals surface area contributed by atoms with Crippen LogP contribution in [0.1, 0.15) is 16.1 Å². The zero-order chi connectivity index (χ0) is 19.1. The van der Waals surface area contributed by atoms with Gasteiger partial charge in [-0.05, 0) is 12.1 Å². The number of aromatic nitrogens is 1. The fourth-order valence-electron chi connectivity index (χ4n) is 1.87. The second kappa shape index (κ2) is 7.37. The summed E-state index contributed by atoms with van der Waals surface area (Å²) in [5.74, 6) is -1.01. The fraction of sp³-hybridized carbons (Fsp3) is 0.143. The average Bonchev–Trinajstić information content (AvgIpc) is 2.56. The largest absolute Gasteiger partial charge is 0.465 e. The SMILES string of the molecule is COC(=O)c1cc(-c2c(Cl)c(Cl)c(Cl)c(Cl)c2Cl)nc(C(F)(F)F)c1. The highest BCUT2D eigenvalue weighted by molar-refractivity contribution is 6.56. The molecule has 3 nitrogen and oxygen atoms in total. The molecule has 134 valence electrons. The van der Waals surface area contributed by atoms with Crippen LogP contribution in [-0.4, -0.2) is 18.1 Å². The van der Waals surface area contributed by atoms with E-state index >= 15 is 0 Å². The molecule has 1 aromatic heterocycles. The van der Waals surface area contributed by atoms with E-state index in [1.54, 1.807) is 0 Å². The molecule has 0 amide bonds. The van der Waals surface area contributed by atoms with E-state index in [1.807, 2.05) is 0 Å². The quantitative estimate of drug-likeness (QED) is 0.285. The summed E-state index contributed by atoms with van der Waals surface area (Å²) in [5.41, 5.74) is -2.32. The minimum atomic E-state index is -4.84. The van der Waals surface area contributed by atoms with Gasteiger partial charge in [0.2, 0.25) is 0 Å². The maximum atomic E-state index is 13.1. The third-order valence-corrected chi connectivity index (χ3v) is 5.28. The van der Waals surface area contributed by atoms with Crippen molar-refractivity contribution in [2.24, 2.45) is 0 Å². The van der Waals surface area contributed by atoms with Crippen molar-refractivity contribution < 1.29 is 22.7 Å². The molecule has 0 bridgehead atoms. The van der Waals surface area contributed by atoms with Crippen LogP contribution in [-0.2, 0) is 10.9 Å². The van der Waals surface area contributed by atoms with Crippen molar-refractivity contribution in [3.05, 3.63) is 48.5 Å². The maximum Gasteiger partial charge on any atom is 0.433 e. The molecular formula is C14H5Cl5F3NO2. The van der Waals surface area contributed by atoms with Gasteiger partial charge < -0.3 is 4.74 Å². The molecule has 2 aromatic rings. The lowest BCUT2D eigenvalue weighted by Crippen LogP contribution is -2.12. The topological polar surface area (TPSA) is 39.2 Å². The Balaban J connectivity index is 2.86. The van der Waals surface area contributed by atoms with E-state index in [0.29, 0.717) is 6.07 Å². The Labute approximate surface area is 164 Å². The third-order valence-electron chi connectivity index (χ3n) is 3.00. The number of halogens is 8. The first-order chi connectivity index (χ1) is 11.5. The highest BCUT2D eigenvalue weighted by Crippen LogP contribution is 2.48. The molecule has 0 atom stereocenters. The number of nitrogens with zero attached hydrogens (tertiary/aromatic N) is 1. The molecule has 0 fully saturated rings. The number of methoxy groups -OCH3 is 1. The number of ether oxygens (including phenoxy) is 1. The first-order valence-electron chi connectivity index (χ1n) is 6.18. The van der Waals surface area contributed by atoms with Crippen molar-refractivity contribution in [3.63, 3.8) is 0 Å². The molecule has 0 N–H and O–H groups in total. The number of alkyl halides is 3. The van der Waals surface area contributed by atoms with E-state index in [9.17, 15) is 18.0 Å². The van der Waals surface area contributed by atoms with Crippen molar-refractivity contribution in [1.29, 1.82) is 0 Å². The smallest absolute Gasteiger partial charge is 0.433 e. The number of esters is 1. The van der Waals surface area contributed by atoms with Crippen LogP contribution in [0.3, 0.4) is 0 Å². The van der Waals surface area contributed by atoms with Crippen molar-refractivity contribution in [1.82, 2.24) is 4.98 Å². The number of carbonyl (C=O) groups excluding carboxylic acids is 1. The lowest BCUT2D eigenvalue weighted by molar-refractivity contribution is -0.141. The maximum absolute atomic E-state index is 13.1. The number of pyridine rings is 1. The van der Waals surface area contributed by atoms with Gasteiger partial charge in [0.05, 0.1) is 43.5 Å². The zero-order valence-corrected chi connectivity index (χ0v) is 15.7. The summed E-state index contributed by atoms with van der Waals surface area (Å²) in [6.07, 6.45) is -4.84. The van der Waals surface area contributed by atoms with Gasteiger partial charge in [-0.2, -0.15) is 13.2 Å². The Kier molecular flexibility index (Phi) is 6.01. The molecule has 11 heteroatoms. The summed E-state index contributed by atoms with van der Waals surface area (Å²) in [6, 6.07) is 1.56. The van der Waals surface area contributed by atoms with E-state index in [2.05, 4.69) is 9.72 Å². The number of benzene rings is 1. The molecule has 0 saturated heterocycles. The number of hydrogen-bond acceptors (Lipinski definition) is 3. The monoisotopic (exact) mass is 451 g/mol. The van der Waals surface area contributed by atoms with Gasteiger partial charge in [-0.1, -0.05) is 58.0 Å². The molecule has 2 rings (SSSR count). The number of hydrogen-bond donors (Lipinski definition) is 0. The van der Waals surface area contributed by atoms with Crippen LogP contribution >= 0.6 is 58.0 Å². The molecule has 0 spiro atoms. The highest BCUT2D eigenvalue weighted by Gasteiger charge is 2.35. The lowest BCUT2D eigenvalue weighted by Gasteiger charge is -2.15. The van der Waals surface area contributed by atoms with Gasteiger partial charge in [-0.25, -0.2) is 9.78 Å². The van der Waals surface area contributed by atoms with Crippen LogP contribution in [0.25, 0.3) is 11.3 Å². The molecule has 0 saturated carbocycles. The Morgan fingerprint density at radius 1 is 0.960 bits per heavy atom. The van der Waals surface area contributed by atoms with E-state index < -0.39 is 23.4 Å². The highest BCUT2D eigenvalue weighted by atomic mass is 35.5. The van der Waals surface area contributed by atoms with Crippen LogP contribution < -0.4 is 0 Å². The number of carbonyl (C=O) groups is 1. The Morgan fingerprint density at radius 2 is 1.44 bits per heavy atom. The summed E-state index contributed by atoms with van der Waals surface area (Å²) in [5, 5.41) is -1.12. The Hall–Kier alpha value is -0.920. The molecule has 1 heterocycles. The van der Waals surface area contributed by atoms with Crippen LogP contribution in [0.5, 0.6) is 0 Å². The number of rotatable bonds is 2. The normalized spacial score (nSPS) is 11.6.